The molecule has 1 saturated heterocycles. The van der Waals surface area contributed by atoms with Gasteiger partial charge in [0.1, 0.15) is 11.1 Å². The second-order valence-electron chi connectivity index (χ2n) is 4.78. The van der Waals surface area contributed by atoms with Gasteiger partial charge in [0.25, 0.3) is 0 Å². The molecule has 0 spiro atoms. The molecule has 1 amide bonds. The van der Waals surface area contributed by atoms with E-state index in [1.54, 1.807) is 13.8 Å². The quantitative estimate of drug-likeness (QED) is 0.737. The molecule has 2 rings (SSSR count). The van der Waals surface area contributed by atoms with Gasteiger partial charge in [0.05, 0.1) is 11.5 Å². The van der Waals surface area contributed by atoms with Gasteiger partial charge < -0.3 is 10.2 Å². The lowest BCUT2D eigenvalue weighted by Gasteiger charge is -2.47. The second kappa shape index (κ2) is 3.74. The zero-order valence-electron chi connectivity index (χ0n) is 9.93. The molecule has 0 aromatic rings. The minimum absolute atomic E-state index is 0.0907. The second-order valence-corrected chi connectivity index (χ2v) is 5.99. The first-order chi connectivity index (χ1) is 7.79. The Morgan fingerprint density at radius 3 is 2.53 bits per heavy atom. The summed E-state index contributed by atoms with van der Waals surface area (Å²) in [5.41, 5.74) is -1.02. The number of amides is 1. The van der Waals surface area contributed by atoms with Crippen molar-refractivity contribution in [3.63, 3.8) is 0 Å². The molecule has 2 atom stereocenters. The standard InChI is InChI=1S/C11H15NO4S/c1-4-5-7(10(14)15)12-8(13)6(9(12)17-5)11(2,3)16/h6,9,16H,4H2,1-3H3,(H,14,15)/t6?,9-/m0/s1. The number of allylic oxidation sites excluding steroid dienone is 1. The van der Waals surface area contributed by atoms with Gasteiger partial charge in [0, 0.05) is 4.91 Å². The highest BCUT2D eigenvalue weighted by atomic mass is 32.2. The Kier molecular flexibility index (Phi) is 2.74. The molecule has 0 aromatic heterocycles. The van der Waals surface area contributed by atoms with E-state index in [0.717, 1.165) is 0 Å². The molecule has 1 unspecified atom stereocenters. The topological polar surface area (TPSA) is 77.8 Å². The van der Waals surface area contributed by atoms with Crippen LogP contribution in [0, 0.1) is 5.92 Å². The average molecular weight is 257 g/mol. The van der Waals surface area contributed by atoms with Crippen molar-refractivity contribution >= 4 is 23.6 Å². The number of rotatable bonds is 3. The Balaban J connectivity index is 2.31. The van der Waals surface area contributed by atoms with E-state index >= 15 is 0 Å². The van der Waals surface area contributed by atoms with Crippen molar-refractivity contribution in [1.82, 2.24) is 4.90 Å². The Morgan fingerprint density at radius 1 is 1.53 bits per heavy atom. The van der Waals surface area contributed by atoms with Gasteiger partial charge in [0.15, 0.2) is 0 Å². The summed E-state index contributed by atoms with van der Waals surface area (Å²) in [6.45, 7) is 5.02. The summed E-state index contributed by atoms with van der Waals surface area (Å²) >= 11 is 1.38. The fraction of sp³-hybridized carbons (Fsp3) is 0.636. The van der Waals surface area contributed by atoms with Gasteiger partial charge in [-0.15, -0.1) is 11.8 Å². The van der Waals surface area contributed by atoms with E-state index in [1.807, 2.05) is 6.92 Å². The van der Waals surface area contributed by atoms with Crippen LogP contribution in [0.1, 0.15) is 27.2 Å². The number of carboxylic acids is 1. The maximum atomic E-state index is 11.9. The van der Waals surface area contributed by atoms with Crippen molar-refractivity contribution in [2.45, 2.75) is 38.2 Å². The molecule has 17 heavy (non-hydrogen) atoms. The van der Waals surface area contributed by atoms with E-state index in [1.165, 1.54) is 16.7 Å². The zero-order chi connectivity index (χ0) is 13.0. The number of hydrogen-bond donors (Lipinski definition) is 2. The largest absolute Gasteiger partial charge is 0.477 e. The normalized spacial score (nSPS) is 28.2. The van der Waals surface area contributed by atoms with Crippen molar-refractivity contribution in [2.24, 2.45) is 5.92 Å². The van der Waals surface area contributed by atoms with Crippen LogP contribution in [-0.4, -0.2) is 38.0 Å². The number of β-lactam (4-membered cyclic amide) rings is 1. The number of hydrogen-bond acceptors (Lipinski definition) is 4. The van der Waals surface area contributed by atoms with Crippen LogP contribution >= 0.6 is 11.8 Å². The van der Waals surface area contributed by atoms with Crippen molar-refractivity contribution in [3.05, 3.63) is 10.6 Å². The number of carbonyl (C=O) groups excluding carboxylic acids is 1. The van der Waals surface area contributed by atoms with Crippen molar-refractivity contribution < 1.29 is 19.8 Å². The molecule has 2 aliphatic rings. The third kappa shape index (κ3) is 1.66. The summed E-state index contributed by atoms with van der Waals surface area (Å²) < 4.78 is 0. The molecule has 0 aromatic carbocycles. The molecule has 2 heterocycles. The molecule has 0 radical (unpaired) electrons. The highest BCUT2D eigenvalue weighted by Gasteiger charge is 2.60. The molecule has 0 saturated carbocycles. The first kappa shape index (κ1) is 12.4. The number of carboxylic acid groups (broad SMARTS) is 1. The van der Waals surface area contributed by atoms with Gasteiger partial charge in [-0.05, 0) is 20.3 Å². The van der Waals surface area contributed by atoms with E-state index in [-0.39, 0.29) is 17.0 Å². The lowest BCUT2D eigenvalue weighted by Crippen LogP contribution is -2.64. The average Bonchev–Trinajstić information content (AvgIpc) is 2.49. The van der Waals surface area contributed by atoms with Crippen LogP contribution in [0.2, 0.25) is 0 Å². The molecule has 2 N–H and O–H groups in total. The maximum Gasteiger partial charge on any atom is 0.353 e. The van der Waals surface area contributed by atoms with Gasteiger partial charge >= 0.3 is 5.97 Å². The van der Waals surface area contributed by atoms with E-state index in [4.69, 9.17) is 5.11 Å². The van der Waals surface area contributed by atoms with Crippen molar-refractivity contribution in [1.29, 1.82) is 0 Å². The lowest BCUT2D eigenvalue weighted by molar-refractivity contribution is -0.163. The Bertz CT molecular complexity index is 424. The van der Waals surface area contributed by atoms with Gasteiger partial charge in [-0.2, -0.15) is 0 Å². The van der Waals surface area contributed by atoms with Crippen molar-refractivity contribution in [2.75, 3.05) is 0 Å². The molecule has 0 bridgehead atoms. The number of aliphatic carboxylic acids is 1. The summed E-state index contributed by atoms with van der Waals surface area (Å²) in [5.74, 6) is -1.89. The first-order valence-electron chi connectivity index (χ1n) is 5.47. The van der Waals surface area contributed by atoms with Crippen LogP contribution in [0.15, 0.2) is 10.6 Å². The van der Waals surface area contributed by atoms with Crippen LogP contribution in [-0.2, 0) is 9.59 Å². The SMILES string of the molecule is CCC1=C(C(=O)O)N2C(=O)C(C(C)(C)O)[C@@H]2S1. The summed E-state index contributed by atoms with van der Waals surface area (Å²) in [6, 6.07) is 0. The highest BCUT2D eigenvalue weighted by molar-refractivity contribution is 8.04. The number of nitrogens with zero attached hydrogens (tertiary/aromatic N) is 1. The smallest absolute Gasteiger partial charge is 0.353 e. The molecule has 0 aliphatic carbocycles. The van der Waals surface area contributed by atoms with E-state index in [0.29, 0.717) is 11.3 Å². The van der Waals surface area contributed by atoms with Crippen LogP contribution in [0.25, 0.3) is 0 Å². The number of aliphatic hydroxyl groups is 1. The Hall–Kier alpha value is -1.01. The van der Waals surface area contributed by atoms with E-state index in [9.17, 15) is 14.7 Å². The van der Waals surface area contributed by atoms with Crippen LogP contribution in [0.3, 0.4) is 0 Å². The molecular weight excluding hydrogens is 242 g/mol. The van der Waals surface area contributed by atoms with Gasteiger partial charge in [-0.3, -0.25) is 9.69 Å². The van der Waals surface area contributed by atoms with Crippen molar-refractivity contribution in [3.8, 4) is 0 Å². The molecule has 2 aliphatic heterocycles. The fourth-order valence-corrected chi connectivity index (χ4v) is 3.94. The minimum Gasteiger partial charge on any atom is -0.477 e. The van der Waals surface area contributed by atoms with Gasteiger partial charge in [-0.25, -0.2) is 4.79 Å². The molecular formula is C11H15NO4S. The zero-order valence-corrected chi connectivity index (χ0v) is 10.7. The lowest BCUT2D eigenvalue weighted by atomic mass is 9.82. The number of carbonyl (C=O) groups is 2. The summed E-state index contributed by atoms with van der Waals surface area (Å²) in [6.07, 6.45) is 0.588. The molecule has 6 heteroatoms. The molecule has 94 valence electrons. The molecule has 5 nitrogen and oxygen atoms in total. The summed E-state index contributed by atoms with van der Waals surface area (Å²) in [4.78, 5) is 25.1. The first-order valence-corrected chi connectivity index (χ1v) is 6.35. The van der Waals surface area contributed by atoms with Gasteiger partial charge in [0.2, 0.25) is 5.91 Å². The summed E-state index contributed by atoms with van der Waals surface area (Å²) in [5, 5.41) is 18.8. The Labute approximate surface area is 103 Å². The third-order valence-corrected chi connectivity index (χ3v) is 4.59. The monoisotopic (exact) mass is 257 g/mol. The predicted octanol–water partition coefficient (Wildman–Crippen LogP) is 0.995. The van der Waals surface area contributed by atoms with E-state index in [2.05, 4.69) is 0 Å². The van der Waals surface area contributed by atoms with Gasteiger partial charge in [-0.1, -0.05) is 6.92 Å². The number of fused-ring (bicyclic) bond motifs is 1. The minimum atomic E-state index is -1.11. The highest BCUT2D eigenvalue weighted by Crippen LogP contribution is 2.52. The number of thioether (sulfide) groups is 1. The van der Waals surface area contributed by atoms with Crippen LogP contribution in [0.5, 0.6) is 0 Å². The van der Waals surface area contributed by atoms with Crippen LogP contribution in [0.4, 0.5) is 0 Å². The fourth-order valence-electron chi connectivity index (χ4n) is 2.28. The third-order valence-electron chi connectivity index (χ3n) is 3.10. The molecule has 1 fully saturated rings. The van der Waals surface area contributed by atoms with E-state index < -0.39 is 17.5 Å². The predicted molar refractivity (Wildman–Crippen MR) is 63.0 cm³/mol. The van der Waals surface area contributed by atoms with Crippen LogP contribution < -0.4 is 0 Å². The summed E-state index contributed by atoms with van der Waals surface area (Å²) in [7, 11) is 0. The maximum absolute atomic E-state index is 11.9. The Morgan fingerprint density at radius 2 is 2.12 bits per heavy atom.